The van der Waals surface area contributed by atoms with E-state index in [9.17, 15) is 4.79 Å². The number of rotatable bonds is 8. The molecule has 0 saturated carbocycles. The van der Waals surface area contributed by atoms with Crippen molar-refractivity contribution in [1.29, 1.82) is 0 Å². The molecule has 1 aromatic heterocycles. The summed E-state index contributed by atoms with van der Waals surface area (Å²) >= 11 is 11.7. The first-order valence-corrected chi connectivity index (χ1v) is 8.29. The van der Waals surface area contributed by atoms with Crippen LogP contribution < -0.4 is 10.6 Å². The van der Waals surface area contributed by atoms with E-state index in [1.165, 1.54) is 12.1 Å². The number of carbonyl (C=O) groups excluding carboxylic acids is 1. The van der Waals surface area contributed by atoms with E-state index >= 15 is 0 Å². The van der Waals surface area contributed by atoms with Crippen LogP contribution in [0, 0.1) is 0 Å². The molecule has 138 valence electrons. The van der Waals surface area contributed by atoms with Crippen molar-refractivity contribution in [2.75, 3.05) is 17.2 Å². The molecule has 2 N–H and O–H groups in total. The number of azide groups is 2. The molecule has 2 rings (SSSR count). The van der Waals surface area contributed by atoms with Crippen LogP contribution in [0.1, 0.15) is 5.56 Å². The first-order valence-electron chi connectivity index (χ1n) is 7.53. The number of pyridine rings is 1. The zero-order chi connectivity index (χ0) is 19.6. The fourth-order valence-electron chi connectivity index (χ4n) is 2.11. The highest BCUT2D eigenvalue weighted by atomic mass is 35.5. The first kappa shape index (κ1) is 20.2. The summed E-state index contributed by atoms with van der Waals surface area (Å²) in [5.74, 6) is -0.478. The quantitative estimate of drug-likeness (QED) is 0.277. The minimum absolute atomic E-state index is 0.0368. The molecule has 1 atom stereocenters. The number of anilines is 2. The van der Waals surface area contributed by atoms with Crippen LogP contribution >= 0.6 is 23.2 Å². The van der Waals surface area contributed by atoms with Crippen LogP contribution in [0.5, 0.6) is 0 Å². The van der Waals surface area contributed by atoms with Gasteiger partial charge in [0.05, 0.1) is 18.8 Å². The van der Waals surface area contributed by atoms with Crippen molar-refractivity contribution in [2.45, 2.75) is 12.6 Å². The molecule has 0 bridgehead atoms. The molecule has 1 heterocycles. The van der Waals surface area contributed by atoms with Crippen LogP contribution in [0.2, 0.25) is 10.3 Å². The number of amides is 1. The lowest BCUT2D eigenvalue weighted by Gasteiger charge is -2.18. The van der Waals surface area contributed by atoms with Crippen LogP contribution in [0.15, 0.2) is 46.6 Å². The Balaban J connectivity index is 2.17. The second-order valence-corrected chi connectivity index (χ2v) is 5.91. The molecule has 0 spiro atoms. The molecule has 1 unspecified atom stereocenters. The minimum atomic E-state index is -0.873. The van der Waals surface area contributed by atoms with Crippen molar-refractivity contribution in [3.05, 3.63) is 73.2 Å². The molecule has 1 aromatic carbocycles. The second-order valence-electron chi connectivity index (χ2n) is 5.16. The van der Waals surface area contributed by atoms with Gasteiger partial charge in [-0.1, -0.05) is 45.6 Å². The van der Waals surface area contributed by atoms with Crippen LogP contribution in [0.4, 0.5) is 11.4 Å². The van der Waals surface area contributed by atoms with Gasteiger partial charge in [-0.3, -0.25) is 4.79 Å². The fourth-order valence-corrected chi connectivity index (χ4v) is 2.50. The summed E-state index contributed by atoms with van der Waals surface area (Å²) in [6, 6.07) is 9.10. The summed E-state index contributed by atoms with van der Waals surface area (Å²) < 4.78 is 0. The van der Waals surface area contributed by atoms with Crippen molar-refractivity contribution in [3.8, 4) is 0 Å². The molecule has 27 heavy (non-hydrogen) atoms. The number of aromatic nitrogens is 1. The topological polar surface area (TPSA) is 152 Å². The zero-order valence-electron chi connectivity index (χ0n) is 13.8. The average Bonchev–Trinajstić information content (AvgIpc) is 2.66. The highest BCUT2D eigenvalue weighted by molar-refractivity contribution is 6.34. The van der Waals surface area contributed by atoms with Gasteiger partial charge in [0.25, 0.3) is 0 Å². The summed E-state index contributed by atoms with van der Waals surface area (Å²) in [5, 5.41) is 12.8. The Morgan fingerprint density at radius 2 is 1.96 bits per heavy atom. The van der Waals surface area contributed by atoms with E-state index in [1.807, 2.05) is 0 Å². The van der Waals surface area contributed by atoms with Crippen LogP contribution in [-0.4, -0.2) is 23.5 Å². The van der Waals surface area contributed by atoms with E-state index in [0.29, 0.717) is 5.69 Å². The Bertz CT molecular complexity index is 923. The van der Waals surface area contributed by atoms with E-state index in [0.717, 1.165) is 5.56 Å². The lowest BCUT2D eigenvalue weighted by Crippen LogP contribution is -2.37. The van der Waals surface area contributed by atoms with Crippen LogP contribution in [-0.2, 0) is 11.3 Å². The third kappa shape index (κ3) is 6.25. The minimum Gasteiger partial charge on any atom is -0.374 e. The highest BCUT2D eigenvalue weighted by Crippen LogP contribution is 2.22. The lowest BCUT2D eigenvalue weighted by molar-refractivity contribution is -0.116. The maximum atomic E-state index is 12.6. The van der Waals surface area contributed by atoms with E-state index in [4.69, 9.17) is 34.3 Å². The van der Waals surface area contributed by atoms with Crippen LogP contribution in [0.25, 0.3) is 20.9 Å². The van der Waals surface area contributed by atoms with Crippen molar-refractivity contribution in [2.24, 2.45) is 10.2 Å². The van der Waals surface area contributed by atoms with E-state index in [-0.39, 0.29) is 29.1 Å². The standard InChI is InChI=1S/C15H13Cl2N9O/c16-13-5-4-11(14(17)24-13)23-15(27)12(8-21-26-19)22-10-3-1-2-9(6-10)7-20-25-18/h1-6,12,22H,7-8H2,(H,23,27). The first-order chi connectivity index (χ1) is 13.0. The van der Waals surface area contributed by atoms with Crippen LogP contribution in [0.3, 0.4) is 0 Å². The van der Waals surface area contributed by atoms with Crippen molar-refractivity contribution >= 4 is 40.5 Å². The van der Waals surface area contributed by atoms with Crippen molar-refractivity contribution in [3.63, 3.8) is 0 Å². The molecule has 1 amide bonds. The average molecular weight is 406 g/mol. The largest absolute Gasteiger partial charge is 0.374 e. The SMILES string of the molecule is [N-]=[N+]=NCc1cccc(NC(CN=[N+]=[N-])C(=O)Nc2ccc(Cl)nc2Cl)c1. The third-order valence-corrected chi connectivity index (χ3v) is 3.80. The Morgan fingerprint density at radius 3 is 2.67 bits per heavy atom. The molecule has 10 nitrogen and oxygen atoms in total. The Hall–Kier alpha value is -3.16. The van der Waals surface area contributed by atoms with Gasteiger partial charge >= 0.3 is 0 Å². The number of hydrogen-bond donors (Lipinski definition) is 2. The normalized spacial score (nSPS) is 10.9. The van der Waals surface area contributed by atoms with Gasteiger partial charge in [0.2, 0.25) is 5.91 Å². The monoisotopic (exact) mass is 405 g/mol. The van der Waals surface area contributed by atoms with Gasteiger partial charge in [-0.2, -0.15) is 0 Å². The summed E-state index contributed by atoms with van der Waals surface area (Å²) in [6.45, 7) is 0.0346. The lowest BCUT2D eigenvalue weighted by atomic mass is 10.1. The van der Waals surface area contributed by atoms with Gasteiger partial charge in [-0.25, -0.2) is 4.98 Å². The van der Waals surface area contributed by atoms with Gasteiger partial charge in [0.15, 0.2) is 5.15 Å². The predicted octanol–water partition coefficient (Wildman–Crippen LogP) is 4.93. The highest BCUT2D eigenvalue weighted by Gasteiger charge is 2.19. The van der Waals surface area contributed by atoms with Gasteiger partial charge in [-0.05, 0) is 40.9 Å². The zero-order valence-corrected chi connectivity index (χ0v) is 15.3. The number of benzene rings is 1. The molecule has 0 aliphatic heterocycles. The molecule has 0 radical (unpaired) electrons. The number of carbonyl (C=O) groups is 1. The van der Waals surface area contributed by atoms with E-state index in [2.05, 4.69) is 35.7 Å². The van der Waals surface area contributed by atoms with Crippen molar-refractivity contribution in [1.82, 2.24) is 4.98 Å². The third-order valence-electron chi connectivity index (χ3n) is 3.30. The number of halogens is 2. The fraction of sp³-hybridized carbons (Fsp3) is 0.200. The van der Waals surface area contributed by atoms with Gasteiger partial charge < -0.3 is 10.6 Å². The van der Waals surface area contributed by atoms with Crippen molar-refractivity contribution < 1.29 is 4.79 Å². The number of hydrogen-bond acceptors (Lipinski definition) is 5. The summed E-state index contributed by atoms with van der Waals surface area (Å²) in [4.78, 5) is 21.8. The Labute approximate surface area is 163 Å². The van der Waals surface area contributed by atoms with Gasteiger partial charge in [-0.15, -0.1) is 0 Å². The number of nitrogens with one attached hydrogen (secondary N) is 2. The maximum Gasteiger partial charge on any atom is 0.247 e. The number of nitrogens with zero attached hydrogens (tertiary/aromatic N) is 7. The Morgan fingerprint density at radius 1 is 1.19 bits per heavy atom. The maximum absolute atomic E-state index is 12.6. The smallest absolute Gasteiger partial charge is 0.247 e. The molecular formula is C15H13Cl2N9O. The van der Waals surface area contributed by atoms with Gasteiger partial charge in [0.1, 0.15) is 11.2 Å². The molecule has 0 saturated heterocycles. The Kier molecular flexibility index (Phi) is 7.54. The summed E-state index contributed by atoms with van der Waals surface area (Å²) in [5.41, 5.74) is 18.6. The van der Waals surface area contributed by atoms with E-state index < -0.39 is 11.9 Å². The van der Waals surface area contributed by atoms with Gasteiger partial charge in [0, 0.05) is 15.5 Å². The van der Waals surface area contributed by atoms with E-state index in [1.54, 1.807) is 24.3 Å². The summed E-state index contributed by atoms with van der Waals surface area (Å²) in [7, 11) is 0. The molecule has 12 heteroatoms. The second kappa shape index (κ2) is 10.1. The molecule has 2 aromatic rings. The molecule has 0 fully saturated rings. The molecule has 0 aliphatic rings. The summed E-state index contributed by atoms with van der Waals surface area (Å²) in [6.07, 6.45) is 0. The predicted molar refractivity (Wildman–Crippen MR) is 104 cm³/mol. The molecule has 0 aliphatic carbocycles. The molecular weight excluding hydrogens is 393 g/mol.